The van der Waals surface area contributed by atoms with Crippen LogP contribution in [0.5, 0.6) is 5.75 Å². The molecule has 1 aromatic heterocycles. The third-order valence-corrected chi connectivity index (χ3v) is 5.07. The second-order valence-electron chi connectivity index (χ2n) is 7.28. The summed E-state index contributed by atoms with van der Waals surface area (Å²) >= 11 is 0. The van der Waals surface area contributed by atoms with Crippen molar-refractivity contribution in [3.05, 3.63) is 59.9 Å². The van der Waals surface area contributed by atoms with E-state index < -0.39 is 0 Å². The molecule has 0 spiro atoms. The van der Waals surface area contributed by atoms with Crippen molar-refractivity contribution in [2.45, 2.75) is 18.9 Å². The molecule has 1 fully saturated rings. The zero-order valence-electron chi connectivity index (χ0n) is 16.6. The predicted molar refractivity (Wildman–Crippen MR) is 110 cm³/mol. The van der Waals surface area contributed by atoms with Crippen molar-refractivity contribution < 1.29 is 9.47 Å². The van der Waals surface area contributed by atoms with Crippen LogP contribution in [0, 0.1) is 0 Å². The topological polar surface area (TPSA) is 52.4 Å². The van der Waals surface area contributed by atoms with Crippen LogP contribution in [0.3, 0.4) is 0 Å². The van der Waals surface area contributed by atoms with E-state index in [-0.39, 0.29) is 6.04 Å². The van der Waals surface area contributed by atoms with Crippen LogP contribution in [0.25, 0.3) is 11.4 Å². The van der Waals surface area contributed by atoms with Crippen LogP contribution in [0.15, 0.2) is 48.5 Å². The number of ether oxygens (including phenoxy) is 2. The molecule has 0 N–H and O–H groups in total. The molecule has 2 heterocycles. The Balaban J connectivity index is 1.69. The highest BCUT2D eigenvalue weighted by Crippen LogP contribution is 2.28. The highest BCUT2D eigenvalue weighted by molar-refractivity contribution is 5.63. The average molecular weight is 378 g/mol. The highest BCUT2D eigenvalue weighted by Gasteiger charge is 2.24. The van der Waals surface area contributed by atoms with Crippen LogP contribution >= 0.6 is 0 Å². The first-order chi connectivity index (χ1) is 13.6. The number of hydrogen-bond donors (Lipinski definition) is 0. The summed E-state index contributed by atoms with van der Waals surface area (Å²) in [5.74, 6) is 2.58. The summed E-state index contributed by atoms with van der Waals surface area (Å²) in [6.07, 6.45) is 1.65. The molecule has 6 heteroatoms. The minimum Gasteiger partial charge on any atom is -0.497 e. The van der Waals surface area contributed by atoms with Gasteiger partial charge >= 0.3 is 0 Å². The van der Waals surface area contributed by atoms with Gasteiger partial charge in [0.1, 0.15) is 5.75 Å². The fourth-order valence-corrected chi connectivity index (χ4v) is 3.46. The Labute approximate surface area is 165 Å². The van der Waals surface area contributed by atoms with E-state index in [1.165, 1.54) is 0 Å². The van der Waals surface area contributed by atoms with Gasteiger partial charge in [-0.3, -0.25) is 0 Å². The largest absolute Gasteiger partial charge is 0.497 e. The van der Waals surface area contributed by atoms with Crippen molar-refractivity contribution in [1.29, 1.82) is 0 Å². The van der Waals surface area contributed by atoms with E-state index in [4.69, 9.17) is 19.6 Å². The molecule has 6 nitrogen and oxygen atoms in total. The summed E-state index contributed by atoms with van der Waals surface area (Å²) in [5, 5.41) is 4.86. The lowest BCUT2D eigenvalue weighted by Crippen LogP contribution is -2.13. The molecule has 0 radical (unpaired) electrons. The van der Waals surface area contributed by atoms with Gasteiger partial charge in [0.15, 0.2) is 11.6 Å². The number of anilines is 1. The van der Waals surface area contributed by atoms with Crippen molar-refractivity contribution in [2.75, 3.05) is 39.3 Å². The van der Waals surface area contributed by atoms with E-state index in [2.05, 4.69) is 46.0 Å². The fourth-order valence-electron chi connectivity index (χ4n) is 3.46. The van der Waals surface area contributed by atoms with Gasteiger partial charge in [-0.1, -0.05) is 24.3 Å². The summed E-state index contributed by atoms with van der Waals surface area (Å²) in [6.45, 7) is 1.46. The highest BCUT2D eigenvalue weighted by atomic mass is 16.5. The Morgan fingerprint density at radius 1 is 1.18 bits per heavy atom. The van der Waals surface area contributed by atoms with Gasteiger partial charge in [0.05, 0.1) is 19.8 Å². The summed E-state index contributed by atoms with van der Waals surface area (Å²) in [4.78, 5) is 7.01. The monoisotopic (exact) mass is 378 g/mol. The van der Waals surface area contributed by atoms with E-state index in [1.54, 1.807) is 7.11 Å². The van der Waals surface area contributed by atoms with Gasteiger partial charge in [-0.05, 0) is 36.2 Å². The average Bonchev–Trinajstić information content (AvgIpc) is 3.38. The first-order valence-corrected chi connectivity index (χ1v) is 9.58. The maximum absolute atomic E-state index is 5.61. The smallest absolute Gasteiger partial charge is 0.158 e. The second-order valence-corrected chi connectivity index (χ2v) is 7.28. The number of rotatable bonds is 6. The molecule has 2 aromatic carbocycles. The zero-order chi connectivity index (χ0) is 19.5. The van der Waals surface area contributed by atoms with Crippen LogP contribution in [0.2, 0.25) is 0 Å². The normalized spacial score (nSPS) is 16.3. The Kier molecular flexibility index (Phi) is 5.30. The SMILES string of the molecule is COc1ccc(Cc2nc(-c3cccc(N(C)C)c3)n(C3CCOC3)n2)cc1. The molecule has 1 atom stereocenters. The molecule has 1 aliphatic rings. The summed E-state index contributed by atoms with van der Waals surface area (Å²) in [5.41, 5.74) is 3.38. The van der Waals surface area contributed by atoms with E-state index in [0.29, 0.717) is 13.0 Å². The van der Waals surface area contributed by atoms with Crippen LogP contribution in [-0.4, -0.2) is 49.2 Å². The molecule has 3 aromatic rings. The molecular weight excluding hydrogens is 352 g/mol. The minimum absolute atomic E-state index is 0.232. The van der Waals surface area contributed by atoms with Gasteiger partial charge in [0.25, 0.3) is 0 Å². The summed E-state index contributed by atoms with van der Waals surface area (Å²) < 4.78 is 12.9. The van der Waals surface area contributed by atoms with Crippen LogP contribution < -0.4 is 9.64 Å². The van der Waals surface area contributed by atoms with Crippen molar-refractivity contribution in [1.82, 2.24) is 14.8 Å². The summed E-state index contributed by atoms with van der Waals surface area (Å²) in [7, 11) is 5.77. The van der Waals surface area contributed by atoms with Crippen molar-refractivity contribution in [2.24, 2.45) is 0 Å². The number of aromatic nitrogens is 3. The molecule has 4 rings (SSSR count). The van der Waals surface area contributed by atoms with Gasteiger partial charge in [-0.2, -0.15) is 5.10 Å². The molecule has 0 bridgehead atoms. The number of nitrogens with zero attached hydrogens (tertiary/aromatic N) is 4. The molecule has 0 aliphatic carbocycles. The van der Waals surface area contributed by atoms with Gasteiger partial charge in [-0.25, -0.2) is 9.67 Å². The number of methoxy groups -OCH3 is 1. The number of benzene rings is 2. The molecule has 28 heavy (non-hydrogen) atoms. The van der Waals surface area contributed by atoms with E-state index >= 15 is 0 Å². The predicted octanol–water partition coefficient (Wildman–Crippen LogP) is 3.57. The fraction of sp³-hybridized carbons (Fsp3) is 0.364. The van der Waals surface area contributed by atoms with Crippen molar-refractivity contribution in [3.8, 4) is 17.1 Å². The van der Waals surface area contributed by atoms with Crippen molar-refractivity contribution in [3.63, 3.8) is 0 Å². The van der Waals surface area contributed by atoms with Gasteiger partial charge < -0.3 is 14.4 Å². The molecule has 1 aliphatic heterocycles. The molecular formula is C22H26N4O2. The molecule has 0 amide bonds. The lowest BCUT2D eigenvalue weighted by Gasteiger charge is -2.15. The zero-order valence-corrected chi connectivity index (χ0v) is 16.6. The van der Waals surface area contributed by atoms with Gasteiger partial charge in [0.2, 0.25) is 0 Å². The first kappa shape index (κ1) is 18.5. The minimum atomic E-state index is 0.232. The molecule has 1 saturated heterocycles. The Morgan fingerprint density at radius 3 is 2.68 bits per heavy atom. The standard InChI is InChI=1S/C22H26N4O2/c1-25(2)18-6-4-5-17(14-18)22-23-21(24-26(22)19-11-12-28-15-19)13-16-7-9-20(27-3)10-8-16/h4-10,14,19H,11-13,15H2,1-3H3. The van der Waals surface area contributed by atoms with Gasteiger partial charge in [-0.15, -0.1) is 0 Å². The van der Waals surface area contributed by atoms with E-state index in [9.17, 15) is 0 Å². The molecule has 146 valence electrons. The second kappa shape index (κ2) is 8.02. The number of hydrogen-bond acceptors (Lipinski definition) is 5. The quantitative estimate of drug-likeness (QED) is 0.656. The van der Waals surface area contributed by atoms with Crippen LogP contribution in [-0.2, 0) is 11.2 Å². The van der Waals surface area contributed by atoms with Crippen LogP contribution in [0.1, 0.15) is 23.9 Å². The lowest BCUT2D eigenvalue weighted by molar-refractivity contribution is 0.184. The maximum Gasteiger partial charge on any atom is 0.158 e. The molecule has 1 unspecified atom stereocenters. The van der Waals surface area contributed by atoms with Gasteiger partial charge in [0, 0.05) is 38.4 Å². The third-order valence-electron chi connectivity index (χ3n) is 5.07. The Hall–Kier alpha value is -2.86. The third kappa shape index (κ3) is 3.87. The van der Waals surface area contributed by atoms with E-state index in [1.807, 2.05) is 26.2 Å². The maximum atomic E-state index is 5.61. The van der Waals surface area contributed by atoms with E-state index in [0.717, 1.165) is 47.2 Å². The Bertz CT molecular complexity index is 928. The van der Waals surface area contributed by atoms with Crippen LogP contribution in [0.4, 0.5) is 5.69 Å². The Morgan fingerprint density at radius 2 is 2.00 bits per heavy atom. The summed E-state index contributed by atoms with van der Waals surface area (Å²) in [6, 6.07) is 16.7. The lowest BCUT2D eigenvalue weighted by atomic mass is 10.1. The molecule has 0 saturated carbocycles. The van der Waals surface area contributed by atoms with Crippen molar-refractivity contribution >= 4 is 5.69 Å². The first-order valence-electron chi connectivity index (χ1n) is 9.58.